The van der Waals surface area contributed by atoms with Crippen LogP contribution in [0.1, 0.15) is 40.9 Å². The van der Waals surface area contributed by atoms with Crippen molar-refractivity contribution < 1.29 is 19.4 Å². The number of nitrogens with one attached hydrogen (secondary N) is 1. The van der Waals surface area contributed by atoms with Gasteiger partial charge in [0, 0.05) is 12.0 Å². The lowest BCUT2D eigenvalue weighted by Gasteiger charge is -2.30. The Hall–Kier alpha value is -3.15. The van der Waals surface area contributed by atoms with Gasteiger partial charge in [-0.2, -0.15) is 0 Å². The zero-order valence-corrected chi connectivity index (χ0v) is 18.9. The lowest BCUT2D eigenvalue weighted by molar-refractivity contribution is 0.0599. The van der Waals surface area contributed by atoms with Crippen LogP contribution in [0.3, 0.4) is 0 Å². The Kier molecular flexibility index (Phi) is 8.03. The molecule has 32 heavy (non-hydrogen) atoms. The van der Waals surface area contributed by atoms with Gasteiger partial charge in [-0.05, 0) is 55.2 Å². The molecule has 2 N–H and O–H groups in total. The number of esters is 1. The van der Waals surface area contributed by atoms with Gasteiger partial charge >= 0.3 is 5.97 Å². The van der Waals surface area contributed by atoms with E-state index in [1.807, 2.05) is 54.6 Å². The number of ether oxygens (including phenoxy) is 2. The highest BCUT2D eigenvalue weighted by Crippen LogP contribution is 2.21. The summed E-state index contributed by atoms with van der Waals surface area (Å²) < 4.78 is 10.8. The number of rotatable bonds is 10. The lowest BCUT2D eigenvalue weighted by Crippen LogP contribution is -2.48. The van der Waals surface area contributed by atoms with Gasteiger partial charge in [0.2, 0.25) is 0 Å². The fourth-order valence-electron chi connectivity index (χ4n) is 3.72. The van der Waals surface area contributed by atoms with Crippen molar-refractivity contribution in [3.05, 3.63) is 101 Å². The van der Waals surface area contributed by atoms with Crippen LogP contribution in [0.15, 0.2) is 78.9 Å². The predicted molar refractivity (Wildman–Crippen MR) is 126 cm³/mol. The number of hydrogen-bond donors (Lipinski definition) is 2. The molecule has 0 aliphatic heterocycles. The quantitative estimate of drug-likeness (QED) is 0.363. The molecule has 0 aliphatic carbocycles. The van der Waals surface area contributed by atoms with Crippen LogP contribution in [0.4, 0.5) is 0 Å². The minimum atomic E-state index is -0.788. The van der Waals surface area contributed by atoms with Crippen LogP contribution in [-0.2, 0) is 24.2 Å². The third kappa shape index (κ3) is 7.22. The van der Waals surface area contributed by atoms with Gasteiger partial charge in [-0.15, -0.1) is 0 Å². The largest absolute Gasteiger partial charge is 0.489 e. The number of carbonyl (C=O) groups is 1. The van der Waals surface area contributed by atoms with E-state index in [0.29, 0.717) is 24.3 Å². The van der Waals surface area contributed by atoms with Crippen molar-refractivity contribution in [2.75, 3.05) is 7.11 Å². The zero-order valence-electron chi connectivity index (χ0n) is 18.9. The predicted octanol–water partition coefficient (Wildman–Crippen LogP) is 4.52. The van der Waals surface area contributed by atoms with Crippen molar-refractivity contribution in [1.82, 2.24) is 5.32 Å². The summed E-state index contributed by atoms with van der Waals surface area (Å²) in [5, 5.41) is 14.0. The molecule has 0 saturated heterocycles. The van der Waals surface area contributed by atoms with Gasteiger partial charge in [0.15, 0.2) is 0 Å². The average molecular weight is 434 g/mol. The molecular weight excluding hydrogens is 402 g/mol. The smallest absolute Gasteiger partial charge is 0.337 e. The molecule has 5 heteroatoms. The summed E-state index contributed by atoms with van der Waals surface area (Å²) in [6.45, 7) is 4.50. The molecule has 0 amide bonds. The molecule has 0 aromatic heterocycles. The van der Waals surface area contributed by atoms with Crippen LogP contribution in [0.2, 0.25) is 0 Å². The second kappa shape index (κ2) is 10.9. The first-order valence-corrected chi connectivity index (χ1v) is 10.7. The van der Waals surface area contributed by atoms with Gasteiger partial charge in [0.1, 0.15) is 18.6 Å². The molecule has 3 aromatic rings. The van der Waals surface area contributed by atoms with Crippen molar-refractivity contribution in [3.8, 4) is 5.75 Å². The van der Waals surface area contributed by atoms with Gasteiger partial charge < -0.3 is 14.6 Å². The highest BCUT2D eigenvalue weighted by atomic mass is 16.5. The van der Waals surface area contributed by atoms with E-state index in [1.165, 1.54) is 12.7 Å². The molecule has 0 fully saturated rings. The molecule has 1 atom stereocenters. The van der Waals surface area contributed by atoms with Crippen LogP contribution in [0, 0.1) is 0 Å². The second-order valence-corrected chi connectivity index (χ2v) is 8.54. The van der Waals surface area contributed by atoms with Gasteiger partial charge in [0.05, 0.1) is 12.7 Å². The molecule has 3 aromatic carbocycles. The third-order valence-corrected chi connectivity index (χ3v) is 5.11. The van der Waals surface area contributed by atoms with Crippen molar-refractivity contribution in [2.45, 2.75) is 45.1 Å². The summed E-state index contributed by atoms with van der Waals surface area (Å²) in [6.07, 6.45) is 0.312. The number of carbonyl (C=O) groups excluding carboxylic acids is 1. The van der Waals surface area contributed by atoms with Gasteiger partial charge in [-0.25, -0.2) is 4.79 Å². The van der Waals surface area contributed by atoms with E-state index in [1.54, 1.807) is 12.1 Å². The fraction of sp³-hybridized carbons (Fsp3) is 0.296. The maximum absolute atomic E-state index is 12.2. The topological polar surface area (TPSA) is 67.8 Å². The van der Waals surface area contributed by atoms with Gasteiger partial charge in [0.25, 0.3) is 0 Å². The SMILES string of the molecule is COC(=O)c1cc(CC(O)NC(C)(C)Cc2ccccc2)cc(OCc2ccccc2)c1. The highest BCUT2D eigenvalue weighted by Gasteiger charge is 2.22. The zero-order chi connectivity index (χ0) is 23.0. The molecule has 168 valence electrons. The Bertz CT molecular complexity index is 1000. The first kappa shape index (κ1) is 23.5. The number of benzene rings is 3. The Morgan fingerprint density at radius 1 is 0.938 bits per heavy atom. The monoisotopic (exact) mass is 433 g/mol. The van der Waals surface area contributed by atoms with Crippen molar-refractivity contribution in [3.63, 3.8) is 0 Å². The van der Waals surface area contributed by atoms with E-state index in [2.05, 4.69) is 31.3 Å². The maximum Gasteiger partial charge on any atom is 0.337 e. The van der Waals surface area contributed by atoms with Crippen LogP contribution in [0.25, 0.3) is 0 Å². The number of methoxy groups -OCH3 is 1. The summed E-state index contributed by atoms with van der Waals surface area (Å²) >= 11 is 0. The van der Waals surface area contributed by atoms with Crippen LogP contribution in [-0.4, -0.2) is 30.0 Å². The van der Waals surface area contributed by atoms with Crippen LogP contribution >= 0.6 is 0 Å². The molecule has 0 radical (unpaired) electrons. The van der Waals surface area contributed by atoms with E-state index >= 15 is 0 Å². The first-order chi connectivity index (χ1) is 15.3. The molecule has 5 nitrogen and oxygen atoms in total. The van der Waals surface area contributed by atoms with Crippen molar-refractivity contribution in [1.29, 1.82) is 0 Å². The van der Waals surface area contributed by atoms with E-state index in [-0.39, 0.29) is 5.54 Å². The van der Waals surface area contributed by atoms with Crippen LogP contribution in [0.5, 0.6) is 5.75 Å². The van der Waals surface area contributed by atoms with Crippen molar-refractivity contribution in [2.24, 2.45) is 0 Å². The number of aliphatic hydroxyl groups excluding tert-OH is 1. The van der Waals surface area contributed by atoms with Crippen molar-refractivity contribution >= 4 is 5.97 Å². The minimum Gasteiger partial charge on any atom is -0.489 e. The summed E-state index contributed by atoms with van der Waals surface area (Å²) in [5.41, 5.74) is 3.09. The standard InChI is InChI=1S/C27H31NO4/c1-27(2,18-20-10-6-4-7-11-20)28-25(29)16-22-14-23(26(30)31-3)17-24(15-22)32-19-21-12-8-5-9-13-21/h4-15,17,25,28-29H,16,18-19H2,1-3H3. The number of hydrogen-bond acceptors (Lipinski definition) is 5. The molecule has 0 aliphatic rings. The van der Waals surface area contributed by atoms with E-state index in [9.17, 15) is 9.90 Å². The maximum atomic E-state index is 12.2. The Labute approximate surface area is 190 Å². The molecular formula is C27H31NO4. The molecule has 0 bridgehead atoms. The highest BCUT2D eigenvalue weighted by molar-refractivity contribution is 5.90. The summed E-state index contributed by atoms with van der Waals surface area (Å²) in [4.78, 5) is 12.2. The van der Waals surface area contributed by atoms with Gasteiger partial charge in [-0.1, -0.05) is 60.7 Å². The molecule has 0 saturated carbocycles. The molecule has 0 heterocycles. The summed E-state index contributed by atoms with van der Waals surface area (Å²) in [5.74, 6) is 0.116. The second-order valence-electron chi connectivity index (χ2n) is 8.54. The third-order valence-electron chi connectivity index (χ3n) is 5.11. The molecule has 0 spiro atoms. The fourth-order valence-corrected chi connectivity index (χ4v) is 3.72. The van der Waals surface area contributed by atoms with E-state index in [4.69, 9.17) is 9.47 Å². The minimum absolute atomic E-state index is 0.312. The Balaban J connectivity index is 1.70. The summed E-state index contributed by atoms with van der Waals surface area (Å²) in [7, 11) is 1.35. The van der Waals surface area contributed by atoms with Crippen LogP contribution < -0.4 is 10.1 Å². The van der Waals surface area contributed by atoms with Gasteiger partial charge in [-0.3, -0.25) is 5.32 Å². The van der Waals surface area contributed by atoms with E-state index in [0.717, 1.165) is 17.5 Å². The number of aliphatic hydroxyl groups is 1. The Morgan fingerprint density at radius 3 is 2.19 bits per heavy atom. The average Bonchev–Trinajstić information content (AvgIpc) is 2.77. The Morgan fingerprint density at radius 2 is 1.56 bits per heavy atom. The molecule has 3 rings (SSSR count). The summed E-state index contributed by atoms with van der Waals surface area (Å²) in [6, 6.07) is 25.2. The van der Waals surface area contributed by atoms with E-state index < -0.39 is 12.2 Å². The lowest BCUT2D eigenvalue weighted by atomic mass is 9.94. The first-order valence-electron chi connectivity index (χ1n) is 10.7. The molecule has 1 unspecified atom stereocenters. The normalized spacial score (nSPS) is 12.2.